The van der Waals surface area contributed by atoms with Crippen molar-refractivity contribution < 1.29 is 22.8 Å². The Balaban J connectivity index is 1.86. The van der Waals surface area contributed by atoms with Gasteiger partial charge in [-0.3, -0.25) is 9.59 Å². The number of piperidine rings is 1. The van der Waals surface area contributed by atoms with Crippen molar-refractivity contribution in [2.24, 2.45) is 0 Å². The topological polar surface area (TPSA) is 37.4 Å². The number of hydrogen-bond donors (Lipinski definition) is 0. The number of ketones is 1. The van der Waals surface area contributed by atoms with E-state index < -0.39 is 17.5 Å². The number of Topliss-reactive ketones (excluding diaryl/α,β-unsaturated/α-hetero) is 1. The lowest BCUT2D eigenvalue weighted by Gasteiger charge is -2.40. The van der Waals surface area contributed by atoms with Gasteiger partial charge in [-0.25, -0.2) is 0 Å². The minimum absolute atomic E-state index is 0.0202. The minimum atomic E-state index is -4.84. The molecule has 3 rings (SSSR count). The molecule has 2 aliphatic rings. The van der Waals surface area contributed by atoms with Crippen molar-refractivity contribution in [3.05, 3.63) is 33.8 Å². The lowest BCUT2D eigenvalue weighted by atomic mass is 9.74. The zero-order valence-electron chi connectivity index (χ0n) is 11.5. The van der Waals surface area contributed by atoms with Crippen LogP contribution in [-0.2, 0) is 10.2 Å². The first-order valence-corrected chi connectivity index (χ1v) is 7.72. The van der Waals surface area contributed by atoms with Crippen molar-refractivity contribution in [3.63, 3.8) is 0 Å². The number of nitrogens with zero attached hydrogens (tertiary/aromatic N) is 1. The molecule has 1 aliphatic carbocycles. The average molecular weight is 376 g/mol. The Kier molecular flexibility index (Phi) is 3.58. The molecule has 1 heterocycles. The summed E-state index contributed by atoms with van der Waals surface area (Å²) in [5, 5.41) is 0. The van der Waals surface area contributed by atoms with Gasteiger partial charge in [-0.05, 0) is 24.5 Å². The van der Waals surface area contributed by atoms with Crippen LogP contribution in [0.1, 0.15) is 35.2 Å². The highest BCUT2D eigenvalue weighted by Crippen LogP contribution is 2.49. The number of benzene rings is 1. The fourth-order valence-electron chi connectivity index (χ4n) is 3.53. The predicted molar refractivity (Wildman–Crippen MR) is 76.6 cm³/mol. The van der Waals surface area contributed by atoms with Gasteiger partial charge in [0.25, 0.3) is 0 Å². The van der Waals surface area contributed by atoms with Crippen LogP contribution in [-0.4, -0.2) is 35.9 Å². The van der Waals surface area contributed by atoms with Crippen LogP contribution in [0, 0.1) is 0 Å². The zero-order valence-corrected chi connectivity index (χ0v) is 13.1. The first kappa shape index (κ1) is 15.5. The molecular formula is C15H13BrF3NO2. The predicted octanol–water partition coefficient (Wildman–Crippen LogP) is 3.46. The molecule has 0 saturated carbocycles. The average Bonchev–Trinajstić information content (AvgIpc) is 2.72. The molecule has 0 aromatic heterocycles. The molecule has 1 aliphatic heterocycles. The second kappa shape index (κ2) is 5.08. The van der Waals surface area contributed by atoms with Crippen molar-refractivity contribution in [1.29, 1.82) is 0 Å². The summed E-state index contributed by atoms with van der Waals surface area (Å²) in [4.78, 5) is 24.3. The van der Waals surface area contributed by atoms with Gasteiger partial charge in [-0.2, -0.15) is 13.2 Å². The Morgan fingerprint density at radius 3 is 2.45 bits per heavy atom. The van der Waals surface area contributed by atoms with Gasteiger partial charge in [0.1, 0.15) is 0 Å². The summed E-state index contributed by atoms with van der Waals surface area (Å²) in [6.45, 7) is 0.0405. The maximum Gasteiger partial charge on any atom is 0.471 e. The lowest BCUT2D eigenvalue weighted by Crippen LogP contribution is -2.49. The quantitative estimate of drug-likeness (QED) is 0.696. The summed E-state index contributed by atoms with van der Waals surface area (Å²) < 4.78 is 38.4. The maximum atomic E-state index is 12.5. The Bertz CT molecular complexity index is 649. The van der Waals surface area contributed by atoms with E-state index >= 15 is 0 Å². The summed E-state index contributed by atoms with van der Waals surface area (Å²) in [6.07, 6.45) is -3.79. The molecule has 1 aromatic carbocycles. The second-order valence-corrected chi connectivity index (χ2v) is 6.69. The fourth-order valence-corrected chi connectivity index (χ4v) is 4.32. The second-order valence-electron chi connectivity index (χ2n) is 5.83. The van der Waals surface area contributed by atoms with E-state index in [-0.39, 0.29) is 18.9 Å². The van der Waals surface area contributed by atoms with Gasteiger partial charge in [-0.1, -0.05) is 28.1 Å². The van der Waals surface area contributed by atoms with Crippen molar-refractivity contribution >= 4 is 27.6 Å². The number of likely N-dealkylation sites (tertiary alicyclic amines) is 1. The van der Waals surface area contributed by atoms with Crippen LogP contribution in [0.15, 0.2) is 22.7 Å². The number of halogens is 4. The van der Waals surface area contributed by atoms with Crippen molar-refractivity contribution in [2.75, 3.05) is 13.1 Å². The number of carbonyl (C=O) groups excluding carboxylic acids is 2. The molecule has 118 valence electrons. The van der Waals surface area contributed by atoms with E-state index in [1.807, 2.05) is 6.07 Å². The van der Waals surface area contributed by atoms with E-state index in [1.54, 1.807) is 12.1 Å². The van der Waals surface area contributed by atoms with E-state index in [1.165, 1.54) is 0 Å². The number of fused-ring (bicyclic) bond motifs is 2. The third-order valence-electron chi connectivity index (χ3n) is 4.59. The van der Waals surface area contributed by atoms with Gasteiger partial charge in [0.2, 0.25) is 0 Å². The molecule has 22 heavy (non-hydrogen) atoms. The van der Waals surface area contributed by atoms with Crippen molar-refractivity contribution in [3.8, 4) is 0 Å². The summed E-state index contributed by atoms with van der Waals surface area (Å²) in [5.41, 5.74) is 1.08. The Hall–Kier alpha value is -1.37. The number of amides is 1. The molecule has 1 spiro atoms. The number of carbonyl (C=O) groups is 2. The van der Waals surface area contributed by atoms with E-state index in [0.717, 1.165) is 14.9 Å². The first-order valence-electron chi connectivity index (χ1n) is 6.93. The highest BCUT2D eigenvalue weighted by Gasteiger charge is 2.49. The molecule has 0 unspecified atom stereocenters. The Morgan fingerprint density at radius 2 is 1.86 bits per heavy atom. The van der Waals surface area contributed by atoms with Crippen LogP contribution in [0.2, 0.25) is 0 Å². The first-order chi connectivity index (χ1) is 10.2. The molecule has 1 fully saturated rings. The molecule has 0 atom stereocenters. The minimum Gasteiger partial charge on any atom is -0.335 e. The van der Waals surface area contributed by atoms with E-state index in [0.29, 0.717) is 24.8 Å². The third-order valence-corrected chi connectivity index (χ3v) is 5.25. The third kappa shape index (κ3) is 2.35. The van der Waals surface area contributed by atoms with E-state index in [4.69, 9.17) is 0 Å². The molecule has 0 N–H and O–H groups in total. The maximum absolute atomic E-state index is 12.5. The van der Waals surface area contributed by atoms with Gasteiger partial charge in [0.05, 0.1) is 0 Å². The zero-order chi connectivity index (χ0) is 16.1. The van der Waals surface area contributed by atoms with Gasteiger partial charge < -0.3 is 4.90 Å². The normalized spacial score (nSPS) is 20.4. The molecule has 0 radical (unpaired) electrons. The molecule has 1 amide bonds. The standard InChI is InChI=1S/C15H13BrF3NO2/c16-10-3-1-2-9-11(21)8-14(12(9)10)4-6-20(7-5-14)13(22)15(17,18)19/h1-3H,4-8H2. The van der Waals surface area contributed by atoms with Gasteiger partial charge in [0, 0.05) is 35.0 Å². The van der Waals surface area contributed by atoms with Gasteiger partial charge >= 0.3 is 12.1 Å². The molecule has 0 bridgehead atoms. The SMILES string of the molecule is O=C1CC2(CCN(C(=O)C(F)(F)F)CC2)c2c(Br)cccc21. The van der Waals surface area contributed by atoms with E-state index in [2.05, 4.69) is 15.9 Å². The lowest BCUT2D eigenvalue weighted by molar-refractivity contribution is -0.186. The highest BCUT2D eigenvalue weighted by molar-refractivity contribution is 9.10. The molecule has 1 saturated heterocycles. The van der Waals surface area contributed by atoms with Crippen LogP contribution in [0.4, 0.5) is 13.2 Å². The fraction of sp³-hybridized carbons (Fsp3) is 0.467. The number of rotatable bonds is 0. The molecule has 3 nitrogen and oxygen atoms in total. The number of hydrogen-bond acceptors (Lipinski definition) is 2. The van der Waals surface area contributed by atoms with Crippen LogP contribution in [0.3, 0.4) is 0 Å². The van der Waals surface area contributed by atoms with Gasteiger partial charge in [0.15, 0.2) is 5.78 Å². The highest BCUT2D eigenvalue weighted by atomic mass is 79.9. The van der Waals surface area contributed by atoms with Crippen LogP contribution in [0.5, 0.6) is 0 Å². The molecular weight excluding hydrogens is 363 g/mol. The van der Waals surface area contributed by atoms with Crippen LogP contribution < -0.4 is 0 Å². The van der Waals surface area contributed by atoms with Gasteiger partial charge in [-0.15, -0.1) is 0 Å². The van der Waals surface area contributed by atoms with Crippen LogP contribution in [0.25, 0.3) is 0 Å². The summed E-state index contributed by atoms with van der Waals surface area (Å²) in [7, 11) is 0. The summed E-state index contributed by atoms with van der Waals surface area (Å²) in [6, 6.07) is 5.37. The van der Waals surface area contributed by atoms with E-state index in [9.17, 15) is 22.8 Å². The van der Waals surface area contributed by atoms with Crippen LogP contribution >= 0.6 is 15.9 Å². The largest absolute Gasteiger partial charge is 0.471 e. The van der Waals surface area contributed by atoms with Crippen molar-refractivity contribution in [1.82, 2.24) is 4.90 Å². The molecule has 7 heteroatoms. The Labute approximate surface area is 133 Å². The van der Waals surface area contributed by atoms with Crippen molar-refractivity contribution in [2.45, 2.75) is 30.9 Å². The number of alkyl halides is 3. The monoisotopic (exact) mass is 375 g/mol. The smallest absolute Gasteiger partial charge is 0.335 e. The molecule has 1 aromatic rings. The summed E-state index contributed by atoms with van der Waals surface area (Å²) in [5.74, 6) is -1.77. The summed E-state index contributed by atoms with van der Waals surface area (Å²) >= 11 is 3.45. The Morgan fingerprint density at radius 1 is 1.23 bits per heavy atom.